The molecule has 0 aromatic carbocycles. The Labute approximate surface area is 125 Å². The summed E-state index contributed by atoms with van der Waals surface area (Å²) < 4.78 is 0. The fraction of sp³-hybridized carbons (Fsp3) is 0.857. The molecule has 2 aliphatic heterocycles. The standard InChI is InChI=1S/C14H25N3O4/c1-11-3-6-17(12(11)10-18)14(21)16-5-2-4-15(7-8-16)9-13(19)20/h11-12,18H,2-10H2,1H3,(H,19,20). The van der Waals surface area contributed by atoms with E-state index in [1.54, 1.807) is 9.80 Å². The average Bonchev–Trinajstić information content (AvgIpc) is 2.66. The lowest BCUT2D eigenvalue weighted by molar-refractivity contribution is -0.138. The first-order valence-electron chi connectivity index (χ1n) is 7.63. The summed E-state index contributed by atoms with van der Waals surface area (Å²) in [5.74, 6) is -0.502. The fourth-order valence-corrected chi connectivity index (χ4v) is 3.22. The second kappa shape index (κ2) is 7.09. The van der Waals surface area contributed by atoms with Crippen LogP contribution >= 0.6 is 0 Å². The number of carboxylic acid groups (broad SMARTS) is 1. The van der Waals surface area contributed by atoms with Gasteiger partial charge in [-0.2, -0.15) is 0 Å². The smallest absolute Gasteiger partial charge is 0.320 e. The Kier molecular flexibility index (Phi) is 5.41. The van der Waals surface area contributed by atoms with Crippen LogP contribution in [0.25, 0.3) is 0 Å². The number of carbonyl (C=O) groups excluding carboxylic acids is 1. The van der Waals surface area contributed by atoms with Gasteiger partial charge < -0.3 is 20.0 Å². The molecule has 2 N–H and O–H groups in total. The number of rotatable bonds is 3. The zero-order chi connectivity index (χ0) is 15.4. The van der Waals surface area contributed by atoms with Gasteiger partial charge in [-0.25, -0.2) is 4.79 Å². The summed E-state index contributed by atoms with van der Waals surface area (Å²) in [6.45, 7) is 5.29. The Hall–Kier alpha value is -1.34. The third kappa shape index (κ3) is 3.85. The van der Waals surface area contributed by atoms with Gasteiger partial charge in [-0.15, -0.1) is 0 Å². The highest BCUT2D eigenvalue weighted by Gasteiger charge is 2.36. The van der Waals surface area contributed by atoms with Crippen LogP contribution in [0.2, 0.25) is 0 Å². The molecule has 0 saturated carbocycles. The van der Waals surface area contributed by atoms with Crippen LogP contribution in [0.1, 0.15) is 19.8 Å². The van der Waals surface area contributed by atoms with E-state index in [2.05, 4.69) is 6.92 Å². The number of nitrogens with zero attached hydrogens (tertiary/aromatic N) is 3. The highest BCUT2D eigenvalue weighted by atomic mass is 16.4. The maximum absolute atomic E-state index is 12.6. The van der Waals surface area contributed by atoms with Gasteiger partial charge in [0, 0.05) is 32.7 Å². The number of likely N-dealkylation sites (tertiary alicyclic amines) is 1. The highest BCUT2D eigenvalue weighted by molar-refractivity contribution is 5.75. The van der Waals surface area contributed by atoms with Crippen molar-refractivity contribution in [2.45, 2.75) is 25.8 Å². The molecule has 2 heterocycles. The predicted octanol–water partition coefficient (Wildman–Crippen LogP) is -0.0986. The third-order valence-corrected chi connectivity index (χ3v) is 4.53. The monoisotopic (exact) mass is 299 g/mol. The van der Waals surface area contributed by atoms with Crippen LogP contribution in [0, 0.1) is 5.92 Å². The Bertz CT molecular complexity index is 390. The minimum absolute atomic E-state index is 0.00584. The molecule has 0 aliphatic carbocycles. The van der Waals surface area contributed by atoms with E-state index in [-0.39, 0.29) is 25.2 Å². The summed E-state index contributed by atoms with van der Waals surface area (Å²) in [4.78, 5) is 28.8. The van der Waals surface area contributed by atoms with Crippen molar-refractivity contribution in [1.82, 2.24) is 14.7 Å². The molecular formula is C14H25N3O4. The van der Waals surface area contributed by atoms with Crippen LogP contribution in [0.3, 0.4) is 0 Å². The molecule has 0 aromatic rings. The quantitative estimate of drug-likeness (QED) is 0.760. The number of amides is 2. The van der Waals surface area contributed by atoms with E-state index < -0.39 is 5.97 Å². The number of aliphatic hydroxyl groups excluding tert-OH is 1. The minimum Gasteiger partial charge on any atom is -0.480 e. The van der Waals surface area contributed by atoms with Gasteiger partial charge in [0.2, 0.25) is 0 Å². The summed E-state index contributed by atoms with van der Waals surface area (Å²) in [7, 11) is 0. The first kappa shape index (κ1) is 16.0. The number of aliphatic carboxylic acids is 1. The molecule has 2 saturated heterocycles. The van der Waals surface area contributed by atoms with Crippen molar-refractivity contribution in [3.63, 3.8) is 0 Å². The maximum Gasteiger partial charge on any atom is 0.320 e. The molecule has 120 valence electrons. The predicted molar refractivity (Wildman–Crippen MR) is 77.0 cm³/mol. The second-order valence-electron chi connectivity index (χ2n) is 6.00. The summed E-state index contributed by atoms with van der Waals surface area (Å²) in [5.41, 5.74) is 0. The minimum atomic E-state index is -0.830. The Morgan fingerprint density at radius 1 is 1.14 bits per heavy atom. The topological polar surface area (TPSA) is 84.3 Å². The van der Waals surface area contributed by atoms with Crippen molar-refractivity contribution in [2.24, 2.45) is 5.92 Å². The SMILES string of the molecule is CC1CCN(C(=O)N2CCCN(CC(=O)O)CC2)C1CO. The number of hydrogen-bond donors (Lipinski definition) is 2. The molecular weight excluding hydrogens is 274 g/mol. The molecule has 0 radical (unpaired) electrons. The zero-order valence-electron chi connectivity index (χ0n) is 12.6. The molecule has 7 nitrogen and oxygen atoms in total. The van der Waals surface area contributed by atoms with Gasteiger partial charge in [0.25, 0.3) is 0 Å². The van der Waals surface area contributed by atoms with Gasteiger partial charge in [-0.3, -0.25) is 9.69 Å². The van der Waals surface area contributed by atoms with Crippen LogP contribution < -0.4 is 0 Å². The van der Waals surface area contributed by atoms with E-state index in [0.29, 0.717) is 38.6 Å². The van der Waals surface area contributed by atoms with Crippen molar-refractivity contribution in [2.75, 3.05) is 45.9 Å². The van der Waals surface area contributed by atoms with E-state index >= 15 is 0 Å². The van der Waals surface area contributed by atoms with Gasteiger partial charge in [0.05, 0.1) is 19.2 Å². The normalized spacial score (nSPS) is 27.7. The average molecular weight is 299 g/mol. The van der Waals surface area contributed by atoms with Gasteiger partial charge >= 0.3 is 12.0 Å². The molecule has 2 rings (SSSR count). The number of carbonyl (C=O) groups is 2. The van der Waals surface area contributed by atoms with Crippen LogP contribution in [0.4, 0.5) is 4.79 Å². The summed E-state index contributed by atoms with van der Waals surface area (Å²) in [6, 6.07) is -0.105. The van der Waals surface area contributed by atoms with Crippen molar-refractivity contribution in [1.29, 1.82) is 0 Å². The molecule has 7 heteroatoms. The first-order chi connectivity index (χ1) is 10.0. The number of carboxylic acids is 1. The molecule has 0 bridgehead atoms. The lowest BCUT2D eigenvalue weighted by atomic mass is 10.0. The largest absolute Gasteiger partial charge is 0.480 e. The fourth-order valence-electron chi connectivity index (χ4n) is 3.22. The molecule has 0 spiro atoms. The number of aliphatic hydroxyl groups is 1. The Morgan fingerprint density at radius 3 is 2.57 bits per heavy atom. The molecule has 21 heavy (non-hydrogen) atoms. The van der Waals surface area contributed by atoms with Gasteiger partial charge in [-0.1, -0.05) is 6.92 Å². The third-order valence-electron chi connectivity index (χ3n) is 4.53. The summed E-state index contributed by atoms with van der Waals surface area (Å²) >= 11 is 0. The van der Waals surface area contributed by atoms with Crippen LogP contribution in [0.5, 0.6) is 0 Å². The van der Waals surface area contributed by atoms with Gasteiger partial charge in [-0.05, 0) is 18.8 Å². The Morgan fingerprint density at radius 2 is 1.90 bits per heavy atom. The van der Waals surface area contributed by atoms with Crippen LogP contribution in [-0.4, -0.2) is 88.8 Å². The van der Waals surface area contributed by atoms with E-state index in [1.807, 2.05) is 4.90 Å². The van der Waals surface area contributed by atoms with Crippen LogP contribution in [-0.2, 0) is 4.79 Å². The van der Waals surface area contributed by atoms with E-state index in [9.17, 15) is 14.7 Å². The number of hydrogen-bond acceptors (Lipinski definition) is 4. The molecule has 2 amide bonds. The summed E-state index contributed by atoms with van der Waals surface area (Å²) in [6.07, 6.45) is 1.71. The molecule has 0 aromatic heterocycles. The van der Waals surface area contributed by atoms with E-state index in [0.717, 1.165) is 12.8 Å². The highest BCUT2D eigenvalue weighted by Crippen LogP contribution is 2.25. The zero-order valence-corrected chi connectivity index (χ0v) is 12.6. The lowest BCUT2D eigenvalue weighted by Crippen LogP contribution is -2.48. The maximum atomic E-state index is 12.6. The molecule has 2 aliphatic rings. The van der Waals surface area contributed by atoms with E-state index in [1.165, 1.54) is 0 Å². The molecule has 2 atom stereocenters. The molecule has 2 fully saturated rings. The van der Waals surface area contributed by atoms with Gasteiger partial charge in [0.15, 0.2) is 0 Å². The lowest BCUT2D eigenvalue weighted by Gasteiger charge is -2.31. The second-order valence-corrected chi connectivity index (χ2v) is 6.00. The summed E-state index contributed by atoms with van der Waals surface area (Å²) in [5, 5.41) is 18.3. The number of urea groups is 1. The van der Waals surface area contributed by atoms with Crippen molar-refractivity contribution in [3.8, 4) is 0 Å². The van der Waals surface area contributed by atoms with Crippen LogP contribution in [0.15, 0.2) is 0 Å². The first-order valence-corrected chi connectivity index (χ1v) is 7.63. The van der Waals surface area contributed by atoms with E-state index in [4.69, 9.17) is 5.11 Å². The molecule has 2 unspecified atom stereocenters. The van der Waals surface area contributed by atoms with Gasteiger partial charge in [0.1, 0.15) is 0 Å². The van der Waals surface area contributed by atoms with Crippen molar-refractivity contribution in [3.05, 3.63) is 0 Å². The Balaban J connectivity index is 1.92. The van der Waals surface area contributed by atoms with Crippen molar-refractivity contribution < 1.29 is 19.8 Å². The van der Waals surface area contributed by atoms with Crippen molar-refractivity contribution >= 4 is 12.0 Å².